The molecule has 27 heavy (non-hydrogen) atoms. The van der Waals surface area contributed by atoms with Crippen LogP contribution in [0.2, 0.25) is 0 Å². The predicted octanol–water partition coefficient (Wildman–Crippen LogP) is 1.73. The molecule has 2 N–H and O–H groups in total. The summed E-state index contributed by atoms with van der Waals surface area (Å²) in [5.74, 6) is 1.90. The smallest absolute Gasteiger partial charge is 0.239 e. The normalized spacial score (nSPS) is 17.2. The minimum atomic E-state index is -0.474. The largest absolute Gasteiger partial charge is 0.358 e. The Hall–Kier alpha value is -2.95. The highest BCUT2D eigenvalue weighted by Gasteiger charge is 2.39. The van der Waals surface area contributed by atoms with E-state index in [0.717, 1.165) is 0 Å². The van der Waals surface area contributed by atoms with Gasteiger partial charge in [0.25, 0.3) is 0 Å². The number of piperazine rings is 1. The van der Waals surface area contributed by atoms with Crippen LogP contribution in [0.25, 0.3) is 0 Å². The third-order valence-electron chi connectivity index (χ3n) is 4.69. The lowest BCUT2D eigenvalue weighted by Crippen LogP contribution is -2.48. The molecule has 1 aromatic carbocycles. The maximum Gasteiger partial charge on any atom is 0.239 e. The zero-order chi connectivity index (χ0) is 19.3. The van der Waals surface area contributed by atoms with Gasteiger partial charge in [-0.2, -0.15) is 10.2 Å². The van der Waals surface area contributed by atoms with Gasteiger partial charge in [-0.25, -0.2) is 4.39 Å². The molecule has 0 radical (unpaired) electrons. The van der Waals surface area contributed by atoms with Crippen molar-refractivity contribution in [3.8, 4) is 12.3 Å². The fraction of sp³-hybridized carbons (Fsp3) is 0.474. The molecule has 2 amide bonds. The number of benzene rings is 1. The topological polar surface area (TPSA) is 86.2 Å². The van der Waals surface area contributed by atoms with E-state index in [2.05, 4.69) is 26.8 Å². The second-order valence-electron chi connectivity index (χ2n) is 6.72. The summed E-state index contributed by atoms with van der Waals surface area (Å²) in [7, 11) is 0. The number of anilines is 1. The number of terminal acetylenes is 1. The van der Waals surface area contributed by atoms with Gasteiger partial charge in [-0.1, -0.05) is 6.07 Å². The average molecular weight is 371 g/mol. The molecule has 8 heteroatoms. The Bertz CT molecular complexity index is 796. The lowest BCUT2D eigenvalue weighted by molar-refractivity contribution is -0.122. The van der Waals surface area contributed by atoms with Crippen LogP contribution in [-0.2, 0) is 16.1 Å². The summed E-state index contributed by atoms with van der Waals surface area (Å²) in [6.07, 6.45) is 7.31. The molecule has 1 fully saturated rings. The number of halogens is 1. The van der Waals surface area contributed by atoms with Crippen molar-refractivity contribution < 1.29 is 14.0 Å². The third-order valence-corrected chi connectivity index (χ3v) is 4.69. The summed E-state index contributed by atoms with van der Waals surface area (Å²) in [6, 6.07) is 4.79. The van der Waals surface area contributed by atoms with Crippen molar-refractivity contribution in [2.45, 2.75) is 37.9 Å². The molecule has 0 spiro atoms. The number of carbonyl (C=O) groups excluding carboxylic acids is 2. The van der Waals surface area contributed by atoms with Gasteiger partial charge in [0.05, 0.1) is 12.2 Å². The second kappa shape index (κ2) is 8.16. The van der Waals surface area contributed by atoms with Crippen molar-refractivity contribution in [1.29, 1.82) is 0 Å². The van der Waals surface area contributed by atoms with Crippen molar-refractivity contribution in [1.82, 2.24) is 10.6 Å². The van der Waals surface area contributed by atoms with E-state index in [1.165, 1.54) is 6.07 Å². The lowest BCUT2D eigenvalue weighted by Gasteiger charge is -2.29. The third kappa shape index (κ3) is 5.03. The quantitative estimate of drug-likeness (QED) is 0.683. The number of nitrogens with zero attached hydrogens (tertiary/aromatic N) is 3. The molecule has 0 aliphatic carbocycles. The minimum absolute atomic E-state index is 0.119. The molecule has 0 aromatic heterocycles. The zero-order valence-electron chi connectivity index (χ0n) is 15.0. The Morgan fingerprint density at radius 3 is 2.89 bits per heavy atom. The summed E-state index contributed by atoms with van der Waals surface area (Å²) in [4.78, 5) is 25.2. The van der Waals surface area contributed by atoms with E-state index in [-0.39, 0.29) is 24.9 Å². The molecular formula is C19H22FN5O2. The summed E-state index contributed by atoms with van der Waals surface area (Å²) in [5, 5.41) is 13.5. The summed E-state index contributed by atoms with van der Waals surface area (Å²) in [5.41, 5.74) is 0.583. The van der Waals surface area contributed by atoms with E-state index >= 15 is 0 Å². The van der Waals surface area contributed by atoms with Gasteiger partial charge in [0.15, 0.2) is 5.66 Å². The monoisotopic (exact) mass is 371 g/mol. The van der Waals surface area contributed by atoms with E-state index in [9.17, 15) is 14.0 Å². The first-order valence-electron chi connectivity index (χ1n) is 8.96. The number of carbonyl (C=O) groups is 2. The Kier molecular flexibility index (Phi) is 5.69. The van der Waals surface area contributed by atoms with Crippen LogP contribution < -0.4 is 15.5 Å². The summed E-state index contributed by atoms with van der Waals surface area (Å²) in [6.45, 7) is 1.44. The molecule has 0 atom stereocenters. The van der Waals surface area contributed by atoms with Gasteiger partial charge >= 0.3 is 0 Å². The van der Waals surface area contributed by atoms with E-state index < -0.39 is 11.5 Å². The Labute approximate surface area is 157 Å². The summed E-state index contributed by atoms with van der Waals surface area (Å²) < 4.78 is 14.4. The average Bonchev–Trinajstić information content (AvgIpc) is 3.43. The molecule has 2 aliphatic heterocycles. The molecule has 2 heterocycles. The number of rotatable bonds is 8. The van der Waals surface area contributed by atoms with Crippen molar-refractivity contribution in [3.05, 3.63) is 29.6 Å². The number of nitrogens with one attached hydrogen (secondary N) is 2. The van der Waals surface area contributed by atoms with Crippen LogP contribution in [0.3, 0.4) is 0 Å². The van der Waals surface area contributed by atoms with Crippen LogP contribution in [0.5, 0.6) is 0 Å². The highest BCUT2D eigenvalue weighted by molar-refractivity contribution is 5.82. The van der Waals surface area contributed by atoms with Crippen LogP contribution >= 0.6 is 0 Å². The highest BCUT2D eigenvalue weighted by atomic mass is 19.1. The first-order valence-corrected chi connectivity index (χ1v) is 8.96. The van der Waals surface area contributed by atoms with Crippen molar-refractivity contribution >= 4 is 17.5 Å². The van der Waals surface area contributed by atoms with Gasteiger partial charge in [-0.15, -0.1) is 12.3 Å². The highest BCUT2D eigenvalue weighted by Crippen LogP contribution is 2.37. The van der Waals surface area contributed by atoms with E-state index in [1.807, 2.05) is 0 Å². The van der Waals surface area contributed by atoms with Gasteiger partial charge in [0.1, 0.15) is 5.82 Å². The second-order valence-corrected chi connectivity index (χ2v) is 6.72. The van der Waals surface area contributed by atoms with Gasteiger partial charge in [-0.05, 0) is 17.7 Å². The van der Waals surface area contributed by atoms with Gasteiger partial charge < -0.3 is 15.5 Å². The maximum absolute atomic E-state index is 14.4. The number of hydrogen-bond donors (Lipinski definition) is 2. The van der Waals surface area contributed by atoms with E-state index in [1.54, 1.807) is 17.0 Å². The lowest BCUT2D eigenvalue weighted by atomic mass is 10.0. The molecule has 142 valence electrons. The molecule has 0 saturated carbocycles. The molecular weight excluding hydrogens is 349 g/mol. The number of hydrogen-bond acceptors (Lipinski definition) is 5. The first kappa shape index (κ1) is 18.8. The Morgan fingerprint density at radius 1 is 1.41 bits per heavy atom. The molecule has 7 nitrogen and oxygen atoms in total. The van der Waals surface area contributed by atoms with Crippen LogP contribution in [-0.4, -0.2) is 37.1 Å². The van der Waals surface area contributed by atoms with Crippen molar-refractivity contribution in [2.75, 3.05) is 24.5 Å². The van der Waals surface area contributed by atoms with Gasteiger partial charge in [-0.3, -0.25) is 9.59 Å². The van der Waals surface area contributed by atoms with E-state index in [4.69, 9.17) is 6.42 Å². The van der Waals surface area contributed by atoms with Crippen molar-refractivity contribution in [3.63, 3.8) is 0 Å². The van der Waals surface area contributed by atoms with Gasteiger partial charge in [0.2, 0.25) is 11.8 Å². The molecule has 1 saturated heterocycles. The predicted molar refractivity (Wildman–Crippen MR) is 98.4 cm³/mol. The molecule has 0 bridgehead atoms. The Balaban J connectivity index is 1.47. The minimum Gasteiger partial charge on any atom is -0.358 e. The van der Waals surface area contributed by atoms with E-state index in [0.29, 0.717) is 50.0 Å². The summed E-state index contributed by atoms with van der Waals surface area (Å²) >= 11 is 0. The molecule has 0 unspecified atom stereocenters. The van der Waals surface area contributed by atoms with Crippen LogP contribution in [0.1, 0.15) is 31.2 Å². The zero-order valence-corrected chi connectivity index (χ0v) is 15.0. The molecule has 2 aliphatic rings. The molecule has 1 aromatic rings. The molecule has 3 rings (SSSR count). The number of amides is 2. The van der Waals surface area contributed by atoms with Crippen molar-refractivity contribution in [2.24, 2.45) is 10.2 Å². The van der Waals surface area contributed by atoms with Crippen LogP contribution in [0.4, 0.5) is 10.1 Å². The first-order chi connectivity index (χ1) is 13.0. The van der Waals surface area contributed by atoms with Gasteiger partial charge in [0, 0.05) is 45.3 Å². The maximum atomic E-state index is 14.4. The standard InChI is InChI=1S/C19H22FN5O2/c1-2-3-7-19(23-24-19)8-6-17(26)22-12-14-4-5-16(15(20)11-14)25-10-9-21-18(27)13-25/h1,4-5,11H,3,6-10,12-13H2,(H,21,27)(H,22,26). The fourth-order valence-corrected chi connectivity index (χ4v) is 3.03. The fourth-order valence-electron chi connectivity index (χ4n) is 3.03. The van der Waals surface area contributed by atoms with Crippen LogP contribution in [0, 0.1) is 18.2 Å². The Morgan fingerprint density at radius 2 is 2.22 bits per heavy atom. The van der Waals surface area contributed by atoms with Crippen LogP contribution in [0.15, 0.2) is 28.4 Å². The SMILES string of the molecule is C#CCCC1(CCC(=O)NCc2ccc(N3CCNC(=O)C3)c(F)c2)N=N1.